The minimum absolute atomic E-state index is 0.0611. The fraction of sp³-hybridized carbons (Fsp3) is 0.500. The van der Waals surface area contributed by atoms with Gasteiger partial charge in [-0.1, -0.05) is 0 Å². The first kappa shape index (κ1) is 13.2. The lowest BCUT2D eigenvalue weighted by molar-refractivity contribution is -0.384. The van der Waals surface area contributed by atoms with Crippen LogP contribution < -0.4 is 4.74 Å². The van der Waals surface area contributed by atoms with Crippen molar-refractivity contribution < 1.29 is 14.8 Å². The van der Waals surface area contributed by atoms with Gasteiger partial charge >= 0.3 is 0 Å². The number of thioether (sulfide) groups is 1. The summed E-state index contributed by atoms with van der Waals surface area (Å²) in [6, 6.07) is 4.58. The minimum Gasteiger partial charge on any atom is -0.496 e. The Balaban J connectivity index is 2.23. The summed E-state index contributed by atoms with van der Waals surface area (Å²) in [4.78, 5) is 10.4. The molecule has 1 aliphatic rings. The second-order valence-electron chi connectivity index (χ2n) is 4.32. The van der Waals surface area contributed by atoms with Crippen LogP contribution in [0.15, 0.2) is 18.2 Å². The molecule has 1 fully saturated rings. The first-order valence-corrected chi connectivity index (χ1v) is 6.84. The largest absolute Gasteiger partial charge is 0.496 e. The van der Waals surface area contributed by atoms with E-state index in [4.69, 9.17) is 4.74 Å². The number of methoxy groups -OCH3 is 1. The van der Waals surface area contributed by atoms with Crippen molar-refractivity contribution in [1.82, 2.24) is 0 Å². The van der Waals surface area contributed by atoms with E-state index in [1.54, 1.807) is 24.9 Å². The van der Waals surface area contributed by atoms with Crippen molar-refractivity contribution in [1.29, 1.82) is 0 Å². The molecule has 18 heavy (non-hydrogen) atoms. The maximum absolute atomic E-state index is 10.8. The van der Waals surface area contributed by atoms with E-state index in [1.165, 1.54) is 12.1 Å². The lowest BCUT2D eigenvalue weighted by Gasteiger charge is -2.15. The van der Waals surface area contributed by atoms with Crippen molar-refractivity contribution in [3.05, 3.63) is 33.9 Å². The topological polar surface area (TPSA) is 72.6 Å². The Morgan fingerprint density at radius 3 is 2.89 bits per heavy atom. The molecule has 1 heterocycles. The Labute approximate surface area is 109 Å². The molecular formula is C12H15NO4S. The Morgan fingerprint density at radius 1 is 1.56 bits per heavy atom. The van der Waals surface area contributed by atoms with Gasteiger partial charge in [-0.15, -0.1) is 0 Å². The highest BCUT2D eigenvalue weighted by atomic mass is 32.2. The molecule has 1 saturated heterocycles. The smallest absolute Gasteiger partial charge is 0.269 e. The highest BCUT2D eigenvalue weighted by Gasteiger charge is 2.27. The van der Waals surface area contributed by atoms with Crippen LogP contribution in [0.3, 0.4) is 0 Å². The van der Waals surface area contributed by atoms with E-state index in [2.05, 4.69) is 0 Å². The Morgan fingerprint density at radius 2 is 2.33 bits per heavy atom. The van der Waals surface area contributed by atoms with E-state index >= 15 is 0 Å². The van der Waals surface area contributed by atoms with Crippen molar-refractivity contribution in [3.8, 4) is 5.75 Å². The summed E-state index contributed by atoms with van der Waals surface area (Å²) in [7, 11) is 1.55. The lowest BCUT2D eigenvalue weighted by Crippen LogP contribution is -2.20. The van der Waals surface area contributed by atoms with E-state index in [1.807, 2.05) is 0 Å². The predicted molar refractivity (Wildman–Crippen MR) is 70.2 cm³/mol. The van der Waals surface area contributed by atoms with E-state index in [-0.39, 0.29) is 17.7 Å². The first-order valence-electron chi connectivity index (χ1n) is 5.69. The molecule has 1 aliphatic heterocycles. The Bertz CT molecular complexity index is 452. The summed E-state index contributed by atoms with van der Waals surface area (Å²) in [6.45, 7) is 0. The summed E-state index contributed by atoms with van der Waals surface area (Å²) in [5.74, 6) is 2.41. The van der Waals surface area contributed by atoms with E-state index < -0.39 is 4.92 Å². The average Bonchev–Trinajstić information content (AvgIpc) is 2.75. The zero-order valence-electron chi connectivity index (χ0n) is 10.0. The van der Waals surface area contributed by atoms with Crippen molar-refractivity contribution >= 4 is 17.4 Å². The van der Waals surface area contributed by atoms with Gasteiger partial charge in [0.15, 0.2) is 0 Å². The summed E-state index contributed by atoms with van der Waals surface area (Å²) < 4.78 is 5.21. The number of hydrogen-bond acceptors (Lipinski definition) is 5. The number of rotatable bonds is 4. The van der Waals surface area contributed by atoms with Crippen LogP contribution in [0.2, 0.25) is 0 Å². The highest BCUT2D eigenvalue weighted by molar-refractivity contribution is 7.99. The molecule has 0 bridgehead atoms. The summed E-state index contributed by atoms with van der Waals surface area (Å²) in [5, 5.41) is 20.6. The summed E-state index contributed by atoms with van der Waals surface area (Å²) in [6.07, 6.45) is 0.276. The van der Waals surface area contributed by atoms with E-state index in [0.717, 1.165) is 17.1 Å². The van der Waals surface area contributed by atoms with Gasteiger partial charge in [0.05, 0.1) is 18.1 Å². The standard InChI is InChI=1S/C12H15NO4S/c1-17-12-3-2-10(13(15)16)5-8(12)4-9-6-18-7-11(9)14/h2-3,5,9,11,14H,4,6-7H2,1H3. The second-order valence-corrected chi connectivity index (χ2v) is 5.40. The van der Waals surface area contributed by atoms with Crippen LogP contribution in [-0.2, 0) is 6.42 Å². The molecule has 5 nitrogen and oxygen atoms in total. The third-order valence-electron chi connectivity index (χ3n) is 3.12. The van der Waals surface area contributed by atoms with Gasteiger partial charge in [0.25, 0.3) is 5.69 Å². The van der Waals surface area contributed by atoms with Gasteiger partial charge in [-0.3, -0.25) is 10.1 Å². The van der Waals surface area contributed by atoms with Gasteiger partial charge in [0.1, 0.15) is 5.75 Å². The van der Waals surface area contributed by atoms with Gasteiger partial charge in [-0.25, -0.2) is 0 Å². The SMILES string of the molecule is COc1ccc([N+](=O)[O-])cc1CC1CSCC1O. The van der Waals surface area contributed by atoms with Crippen molar-refractivity contribution in [3.63, 3.8) is 0 Å². The van der Waals surface area contributed by atoms with Crippen LogP contribution in [0, 0.1) is 16.0 Å². The van der Waals surface area contributed by atoms with Crippen LogP contribution in [0.4, 0.5) is 5.69 Å². The third-order valence-corrected chi connectivity index (χ3v) is 4.36. The van der Waals surface area contributed by atoms with Crippen LogP contribution in [0.25, 0.3) is 0 Å². The molecule has 0 aliphatic carbocycles. The molecule has 0 spiro atoms. The molecule has 1 N–H and O–H groups in total. The maximum Gasteiger partial charge on any atom is 0.269 e. The molecule has 2 unspecified atom stereocenters. The van der Waals surface area contributed by atoms with Crippen molar-refractivity contribution in [2.45, 2.75) is 12.5 Å². The van der Waals surface area contributed by atoms with Crippen LogP contribution in [0.5, 0.6) is 5.75 Å². The van der Waals surface area contributed by atoms with E-state index in [9.17, 15) is 15.2 Å². The van der Waals surface area contributed by atoms with Crippen LogP contribution >= 0.6 is 11.8 Å². The molecule has 2 rings (SSSR count). The molecule has 0 radical (unpaired) electrons. The second kappa shape index (κ2) is 5.58. The zero-order chi connectivity index (χ0) is 13.1. The fourth-order valence-electron chi connectivity index (χ4n) is 2.10. The number of nitrogens with zero attached hydrogens (tertiary/aromatic N) is 1. The van der Waals surface area contributed by atoms with Crippen molar-refractivity contribution in [2.75, 3.05) is 18.6 Å². The van der Waals surface area contributed by atoms with Crippen LogP contribution in [-0.4, -0.2) is 34.7 Å². The van der Waals surface area contributed by atoms with Crippen LogP contribution in [0.1, 0.15) is 5.56 Å². The monoisotopic (exact) mass is 269 g/mol. The zero-order valence-corrected chi connectivity index (χ0v) is 10.9. The Hall–Kier alpha value is -1.27. The number of benzene rings is 1. The predicted octanol–water partition coefficient (Wildman–Crippen LogP) is 1.87. The maximum atomic E-state index is 10.8. The summed E-state index contributed by atoms with van der Waals surface area (Å²) in [5.41, 5.74) is 0.851. The van der Waals surface area contributed by atoms with Gasteiger partial charge in [0.2, 0.25) is 0 Å². The number of ether oxygens (including phenoxy) is 1. The number of nitro benzene ring substituents is 1. The van der Waals surface area contributed by atoms with Crippen molar-refractivity contribution in [2.24, 2.45) is 5.92 Å². The molecule has 0 amide bonds. The number of aliphatic hydroxyl groups excluding tert-OH is 1. The third kappa shape index (κ3) is 2.76. The molecule has 2 atom stereocenters. The molecule has 0 saturated carbocycles. The first-order chi connectivity index (χ1) is 8.61. The average molecular weight is 269 g/mol. The van der Waals surface area contributed by atoms with Gasteiger partial charge in [-0.05, 0) is 24.2 Å². The molecular weight excluding hydrogens is 254 g/mol. The van der Waals surface area contributed by atoms with E-state index in [0.29, 0.717) is 12.2 Å². The van der Waals surface area contributed by atoms with Gasteiger partial charge in [-0.2, -0.15) is 11.8 Å². The summed E-state index contributed by atoms with van der Waals surface area (Å²) >= 11 is 1.71. The normalized spacial score (nSPS) is 23.0. The molecule has 1 aromatic rings. The Kier molecular flexibility index (Phi) is 4.08. The number of aliphatic hydroxyl groups is 1. The molecule has 0 aromatic heterocycles. The molecule has 6 heteroatoms. The fourth-order valence-corrected chi connectivity index (χ4v) is 3.40. The number of nitro groups is 1. The lowest BCUT2D eigenvalue weighted by atomic mass is 9.96. The molecule has 98 valence electrons. The molecule has 1 aromatic carbocycles. The quantitative estimate of drug-likeness (QED) is 0.667. The highest BCUT2D eigenvalue weighted by Crippen LogP contribution is 2.32. The number of hydrogen-bond donors (Lipinski definition) is 1. The minimum atomic E-state index is -0.414. The number of non-ortho nitro benzene ring substituents is 1. The van der Waals surface area contributed by atoms with Gasteiger partial charge < -0.3 is 9.84 Å². The van der Waals surface area contributed by atoms with Gasteiger partial charge in [0, 0.05) is 23.4 Å².